The molecule has 0 aliphatic carbocycles. The predicted octanol–water partition coefficient (Wildman–Crippen LogP) is 0.886. The molecule has 0 spiro atoms. The van der Waals surface area contributed by atoms with Gasteiger partial charge in [-0.15, -0.1) is 0 Å². The standard InChI is InChI=1S/C13H31N3O/c1-5-9-16(12-11-15(2)3)10-8-14-7-6-13-17-4/h14H,5-13H2,1-4H3. The molecule has 104 valence electrons. The van der Waals surface area contributed by atoms with Crippen molar-refractivity contribution in [1.82, 2.24) is 15.1 Å². The van der Waals surface area contributed by atoms with Crippen LogP contribution >= 0.6 is 0 Å². The average Bonchev–Trinajstić information content (AvgIpc) is 2.30. The van der Waals surface area contributed by atoms with Crippen molar-refractivity contribution in [3.8, 4) is 0 Å². The Labute approximate surface area is 107 Å². The van der Waals surface area contributed by atoms with Crippen LogP contribution in [0.1, 0.15) is 19.8 Å². The van der Waals surface area contributed by atoms with E-state index in [2.05, 4.69) is 36.1 Å². The first-order chi connectivity index (χ1) is 8.20. The monoisotopic (exact) mass is 245 g/mol. The summed E-state index contributed by atoms with van der Waals surface area (Å²) in [6.07, 6.45) is 2.33. The van der Waals surface area contributed by atoms with Crippen molar-refractivity contribution in [2.24, 2.45) is 0 Å². The van der Waals surface area contributed by atoms with E-state index in [1.165, 1.54) is 19.5 Å². The van der Waals surface area contributed by atoms with Gasteiger partial charge < -0.3 is 19.9 Å². The van der Waals surface area contributed by atoms with Gasteiger partial charge in [0.25, 0.3) is 0 Å². The molecule has 0 bridgehead atoms. The molecule has 0 radical (unpaired) electrons. The second-order valence-electron chi connectivity index (χ2n) is 4.74. The van der Waals surface area contributed by atoms with Crippen LogP contribution in [0.5, 0.6) is 0 Å². The number of hydrogen-bond acceptors (Lipinski definition) is 4. The molecule has 0 saturated heterocycles. The third kappa shape index (κ3) is 12.1. The van der Waals surface area contributed by atoms with Gasteiger partial charge in [-0.25, -0.2) is 0 Å². The van der Waals surface area contributed by atoms with Crippen LogP contribution in [0.4, 0.5) is 0 Å². The third-order valence-corrected chi connectivity index (χ3v) is 2.71. The van der Waals surface area contributed by atoms with Crippen molar-refractivity contribution in [2.75, 3.05) is 67.1 Å². The summed E-state index contributed by atoms with van der Waals surface area (Å²) >= 11 is 0. The van der Waals surface area contributed by atoms with E-state index in [9.17, 15) is 0 Å². The van der Waals surface area contributed by atoms with Crippen LogP contribution in [0.15, 0.2) is 0 Å². The normalized spacial score (nSPS) is 11.6. The van der Waals surface area contributed by atoms with Crippen molar-refractivity contribution in [3.05, 3.63) is 0 Å². The lowest BCUT2D eigenvalue weighted by molar-refractivity contribution is 0.193. The van der Waals surface area contributed by atoms with Gasteiger partial charge in [0.05, 0.1) is 0 Å². The molecular weight excluding hydrogens is 214 g/mol. The van der Waals surface area contributed by atoms with Crippen LogP contribution in [-0.4, -0.2) is 76.9 Å². The van der Waals surface area contributed by atoms with Crippen LogP contribution in [0.2, 0.25) is 0 Å². The summed E-state index contributed by atoms with van der Waals surface area (Å²) in [6.45, 7) is 9.89. The Balaban J connectivity index is 3.48. The smallest absolute Gasteiger partial charge is 0.0474 e. The van der Waals surface area contributed by atoms with Crippen LogP contribution in [0.3, 0.4) is 0 Å². The zero-order valence-corrected chi connectivity index (χ0v) is 12.2. The lowest BCUT2D eigenvalue weighted by atomic mass is 10.3. The highest BCUT2D eigenvalue weighted by Gasteiger charge is 2.03. The number of nitrogens with one attached hydrogen (secondary N) is 1. The highest BCUT2D eigenvalue weighted by molar-refractivity contribution is 4.61. The molecule has 0 saturated carbocycles. The van der Waals surface area contributed by atoms with E-state index in [-0.39, 0.29) is 0 Å². The molecule has 4 heteroatoms. The van der Waals surface area contributed by atoms with E-state index < -0.39 is 0 Å². The van der Waals surface area contributed by atoms with Crippen LogP contribution in [0.25, 0.3) is 0 Å². The lowest BCUT2D eigenvalue weighted by Crippen LogP contribution is -2.37. The van der Waals surface area contributed by atoms with E-state index in [4.69, 9.17) is 4.74 Å². The minimum atomic E-state index is 0.853. The van der Waals surface area contributed by atoms with E-state index in [1.54, 1.807) is 7.11 Å². The van der Waals surface area contributed by atoms with Gasteiger partial charge in [0.15, 0.2) is 0 Å². The number of ether oxygens (including phenoxy) is 1. The van der Waals surface area contributed by atoms with E-state index in [0.717, 1.165) is 39.2 Å². The topological polar surface area (TPSA) is 27.7 Å². The largest absolute Gasteiger partial charge is 0.385 e. The quantitative estimate of drug-likeness (QED) is 0.517. The molecule has 0 aromatic rings. The molecule has 0 aromatic heterocycles. The van der Waals surface area contributed by atoms with Gasteiger partial charge in [-0.3, -0.25) is 0 Å². The molecule has 17 heavy (non-hydrogen) atoms. The van der Waals surface area contributed by atoms with Crippen molar-refractivity contribution >= 4 is 0 Å². The van der Waals surface area contributed by atoms with Crippen molar-refractivity contribution < 1.29 is 4.74 Å². The molecule has 0 atom stereocenters. The highest BCUT2D eigenvalue weighted by Crippen LogP contribution is 1.91. The van der Waals surface area contributed by atoms with Crippen LogP contribution in [-0.2, 0) is 4.74 Å². The first kappa shape index (κ1) is 16.8. The second kappa shape index (κ2) is 12.3. The lowest BCUT2D eigenvalue weighted by Gasteiger charge is -2.23. The fraction of sp³-hybridized carbons (Fsp3) is 1.00. The Morgan fingerprint density at radius 3 is 2.35 bits per heavy atom. The fourth-order valence-corrected chi connectivity index (χ4v) is 1.70. The molecule has 0 aliphatic heterocycles. The van der Waals surface area contributed by atoms with E-state index >= 15 is 0 Å². The number of hydrogen-bond donors (Lipinski definition) is 1. The molecule has 0 aromatic carbocycles. The van der Waals surface area contributed by atoms with Crippen molar-refractivity contribution in [3.63, 3.8) is 0 Å². The van der Waals surface area contributed by atoms with Gasteiger partial charge in [-0.2, -0.15) is 0 Å². The predicted molar refractivity (Wildman–Crippen MR) is 74.6 cm³/mol. The summed E-state index contributed by atoms with van der Waals surface area (Å²) in [5.41, 5.74) is 0. The second-order valence-corrected chi connectivity index (χ2v) is 4.74. The maximum absolute atomic E-state index is 5.02. The Hall–Kier alpha value is -0.160. The highest BCUT2D eigenvalue weighted by atomic mass is 16.5. The van der Waals surface area contributed by atoms with E-state index in [1.807, 2.05) is 0 Å². The Morgan fingerprint density at radius 2 is 1.76 bits per heavy atom. The van der Waals surface area contributed by atoms with Crippen LogP contribution in [0, 0.1) is 0 Å². The summed E-state index contributed by atoms with van der Waals surface area (Å²) in [6, 6.07) is 0. The average molecular weight is 245 g/mol. The third-order valence-electron chi connectivity index (χ3n) is 2.71. The fourth-order valence-electron chi connectivity index (χ4n) is 1.70. The molecule has 0 heterocycles. The van der Waals surface area contributed by atoms with Gasteiger partial charge in [0, 0.05) is 39.9 Å². The maximum Gasteiger partial charge on any atom is 0.0474 e. The molecule has 0 amide bonds. The van der Waals surface area contributed by atoms with Gasteiger partial charge in [-0.05, 0) is 40.0 Å². The van der Waals surface area contributed by atoms with Crippen molar-refractivity contribution in [1.29, 1.82) is 0 Å². The van der Waals surface area contributed by atoms with Gasteiger partial charge >= 0.3 is 0 Å². The molecule has 0 fully saturated rings. The summed E-state index contributed by atoms with van der Waals surface area (Å²) in [7, 11) is 6.02. The summed E-state index contributed by atoms with van der Waals surface area (Å²) in [5.74, 6) is 0. The van der Waals surface area contributed by atoms with Gasteiger partial charge in [0.1, 0.15) is 0 Å². The Morgan fingerprint density at radius 1 is 1.00 bits per heavy atom. The Kier molecular flexibility index (Phi) is 12.2. The van der Waals surface area contributed by atoms with Gasteiger partial charge in [0.2, 0.25) is 0 Å². The maximum atomic E-state index is 5.02. The summed E-state index contributed by atoms with van der Waals surface area (Å²) < 4.78 is 5.02. The molecule has 4 nitrogen and oxygen atoms in total. The first-order valence-electron chi connectivity index (χ1n) is 6.77. The summed E-state index contributed by atoms with van der Waals surface area (Å²) in [5, 5.41) is 3.46. The van der Waals surface area contributed by atoms with Gasteiger partial charge in [-0.1, -0.05) is 6.92 Å². The first-order valence-corrected chi connectivity index (χ1v) is 6.77. The molecule has 0 aliphatic rings. The SMILES string of the molecule is CCCN(CCNCCCOC)CCN(C)C. The zero-order valence-electron chi connectivity index (χ0n) is 12.2. The summed E-state index contributed by atoms with van der Waals surface area (Å²) in [4.78, 5) is 4.78. The zero-order chi connectivity index (χ0) is 12.9. The molecule has 0 unspecified atom stereocenters. The number of likely N-dealkylation sites (N-methyl/N-ethyl adjacent to an activating group) is 1. The number of nitrogens with zero attached hydrogens (tertiary/aromatic N) is 2. The minimum Gasteiger partial charge on any atom is -0.385 e. The number of rotatable bonds is 12. The Bertz CT molecular complexity index is 154. The van der Waals surface area contributed by atoms with Crippen LogP contribution < -0.4 is 5.32 Å². The minimum absolute atomic E-state index is 0.853. The molecular formula is C13H31N3O. The molecule has 1 N–H and O–H groups in total. The van der Waals surface area contributed by atoms with Crippen molar-refractivity contribution in [2.45, 2.75) is 19.8 Å². The molecule has 0 rings (SSSR count). The number of methoxy groups -OCH3 is 1. The van der Waals surface area contributed by atoms with E-state index in [0.29, 0.717) is 0 Å².